The van der Waals surface area contributed by atoms with Gasteiger partial charge < -0.3 is 4.98 Å². The molecular weight excluding hydrogens is 274 g/mol. The number of imidazole rings is 1. The van der Waals surface area contributed by atoms with Crippen LogP contribution in [0, 0.1) is 12.3 Å². The fourth-order valence-electron chi connectivity index (χ4n) is 1.92. The second-order valence-electron chi connectivity index (χ2n) is 6.16. The number of hydrogen-bond donors (Lipinski definition) is 1. The molecule has 0 aliphatic rings. The van der Waals surface area contributed by atoms with Gasteiger partial charge >= 0.3 is 0 Å². The first-order valence-corrected chi connectivity index (χ1v) is 7.40. The van der Waals surface area contributed by atoms with Crippen molar-refractivity contribution in [2.75, 3.05) is 13.1 Å². The Kier molecular flexibility index (Phi) is 5.20. The molecule has 0 atom stereocenters. The third-order valence-electron chi connectivity index (χ3n) is 3.38. The summed E-state index contributed by atoms with van der Waals surface area (Å²) in [6.07, 6.45) is 5.29. The second kappa shape index (κ2) is 7.11. The summed E-state index contributed by atoms with van der Waals surface area (Å²) in [5.41, 5.74) is 3.81. The molecule has 0 radical (unpaired) electrons. The fraction of sp³-hybridized carbons (Fsp3) is 0.412. The molecule has 0 aromatic carbocycles. The Hall–Kier alpha value is -2.30. The van der Waals surface area contributed by atoms with E-state index in [9.17, 15) is 0 Å². The molecule has 0 amide bonds. The summed E-state index contributed by atoms with van der Waals surface area (Å²) in [4.78, 5) is 20.7. The van der Waals surface area contributed by atoms with Crippen LogP contribution in [0.3, 0.4) is 0 Å². The van der Waals surface area contributed by atoms with Gasteiger partial charge in [0.15, 0.2) is 0 Å². The predicted octanol–water partition coefficient (Wildman–Crippen LogP) is 3.07. The number of nitrogens with one attached hydrogen (secondary N) is 1. The van der Waals surface area contributed by atoms with Crippen molar-refractivity contribution in [1.29, 1.82) is 0 Å². The molecule has 0 unspecified atom stereocenters. The minimum atomic E-state index is -0.00322. The molecule has 2 heterocycles. The normalized spacial score (nSPS) is 13.0. The predicted molar refractivity (Wildman–Crippen MR) is 90.9 cm³/mol. The summed E-state index contributed by atoms with van der Waals surface area (Å²) in [7, 11) is 0. The van der Waals surface area contributed by atoms with Crippen molar-refractivity contribution in [2.24, 2.45) is 15.4 Å². The smallest absolute Gasteiger partial charge is 0.101 e. The Morgan fingerprint density at radius 2 is 2.09 bits per heavy atom. The molecule has 0 fully saturated rings. The van der Waals surface area contributed by atoms with E-state index in [1.807, 2.05) is 38.3 Å². The number of rotatable bonds is 6. The minimum Gasteiger partial charge on any atom is -0.348 e. The molecule has 0 saturated carbocycles. The number of aromatic nitrogens is 3. The number of nitrogens with zero attached hydrogens (tertiary/aromatic N) is 4. The lowest BCUT2D eigenvalue weighted by Crippen LogP contribution is -2.20. The molecule has 0 aliphatic carbocycles. The van der Waals surface area contributed by atoms with Crippen LogP contribution in [0.2, 0.25) is 0 Å². The Labute approximate surface area is 131 Å². The van der Waals surface area contributed by atoms with Crippen LogP contribution >= 0.6 is 0 Å². The SMILES string of the molecule is CC(=NCC(C)(C)CN=Cc1nc[nH]c1C)c1ccccn1. The maximum Gasteiger partial charge on any atom is 0.101 e. The highest BCUT2D eigenvalue weighted by Crippen LogP contribution is 2.16. The highest BCUT2D eigenvalue weighted by atomic mass is 14.9. The maximum absolute atomic E-state index is 4.66. The average Bonchev–Trinajstić information content (AvgIpc) is 2.91. The summed E-state index contributed by atoms with van der Waals surface area (Å²) >= 11 is 0. The first kappa shape index (κ1) is 16.1. The van der Waals surface area contributed by atoms with Gasteiger partial charge in [0, 0.05) is 36.6 Å². The van der Waals surface area contributed by atoms with Gasteiger partial charge in [0.2, 0.25) is 0 Å². The van der Waals surface area contributed by atoms with Crippen molar-refractivity contribution in [3.05, 3.63) is 47.8 Å². The zero-order valence-corrected chi connectivity index (χ0v) is 13.7. The molecular formula is C17H23N5. The van der Waals surface area contributed by atoms with Crippen molar-refractivity contribution in [1.82, 2.24) is 15.0 Å². The summed E-state index contributed by atoms with van der Waals surface area (Å²) in [5, 5.41) is 0. The monoisotopic (exact) mass is 297 g/mol. The number of pyridine rings is 1. The van der Waals surface area contributed by atoms with E-state index in [4.69, 9.17) is 0 Å². The van der Waals surface area contributed by atoms with E-state index in [1.54, 1.807) is 12.5 Å². The third-order valence-corrected chi connectivity index (χ3v) is 3.38. The van der Waals surface area contributed by atoms with Crippen LogP contribution in [0.25, 0.3) is 0 Å². The van der Waals surface area contributed by atoms with Crippen molar-refractivity contribution >= 4 is 11.9 Å². The highest BCUT2D eigenvalue weighted by molar-refractivity contribution is 5.96. The van der Waals surface area contributed by atoms with Crippen molar-refractivity contribution in [3.8, 4) is 0 Å². The van der Waals surface area contributed by atoms with Gasteiger partial charge in [-0.1, -0.05) is 19.9 Å². The first-order valence-electron chi connectivity index (χ1n) is 7.40. The molecule has 2 aromatic heterocycles. The zero-order valence-electron chi connectivity index (χ0n) is 13.7. The standard InChI is InChI=1S/C17H23N5/c1-13(15-7-5-6-8-19-15)20-11-17(3,4)10-18-9-16-14(2)21-12-22-16/h5-9,12H,10-11H2,1-4H3,(H,21,22). The number of aromatic amines is 1. The van der Waals surface area contributed by atoms with Gasteiger partial charge in [0.05, 0.1) is 17.7 Å². The average molecular weight is 297 g/mol. The lowest BCUT2D eigenvalue weighted by molar-refractivity contribution is 0.396. The summed E-state index contributed by atoms with van der Waals surface area (Å²) in [6, 6.07) is 5.86. The number of hydrogen-bond acceptors (Lipinski definition) is 4. The maximum atomic E-state index is 4.66. The van der Waals surface area contributed by atoms with E-state index in [-0.39, 0.29) is 5.41 Å². The number of aryl methyl sites for hydroxylation is 1. The van der Waals surface area contributed by atoms with E-state index < -0.39 is 0 Å². The summed E-state index contributed by atoms with van der Waals surface area (Å²) < 4.78 is 0. The van der Waals surface area contributed by atoms with Gasteiger partial charge in [-0.3, -0.25) is 15.0 Å². The Morgan fingerprint density at radius 1 is 1.27 bits per heavy atom. The van der Waals surface area contributed by atoms with Crippen molar-refractivity contribution in [2.45, 2.75) is 27.7 Å². The highest BCUT2D eigenvalue weighted by Gasteiger charge is 2.16. The Balaban J connectivity index is 1.93. The number of aliphatic imine (C=N–C) groups is 2. The van der Waals surface area contributed by atoms with Gasteiger partial charge in [0.25, 0.3) is 0 Å². The van der Waals surface area contributed by atoms with Crippen LogP contribution in [0.4, 0.5) is 0 Å². The Morgan fingerprint density at radius 3 is 2.73 bits per heavy atom. The molecule has 0 saturated heterocycles. The quantitative estimate of drug-likeness (QED) is 0.833. The van der Waals surface area contributed by atoms with Gasteiger partial charge in [-0.25, -0.2) is 4.98 Å². The third kappa shape index (κ3) is 4.62. The van der Waals surface area contributed by atoms with Crippen LogP contribution in [0.5, 0.6) is 0 Å². The number of H-pyrrole nitrogens is 1. The van der Waals surface area contributed by atoms with Crippen LogP contribution in [0.1, 0.15) is 37.9 Å². The lowest BCUT2D eigenvalue weighted by Gasteiger charge is -2.19. The molecule has 0 bridgehead atoms. The molecule has 2 aromatic rings. The molecule has 116 valence electrons. The van der Waals surface area contributed by atoms with E-state index in [0.717, 1.165) is 22.8 Å². The molecule has 0 aliphatic heterocycles. The van der Waals surface area contributed by atoms with Gasteiger partial charge in [0.1, 0.15) is 5.69 Å². The Bertz CT molecular complexity index is 653. The van der Waals surface area contributed by atoms with E-state index in [0.29, 0.717) is 13.1 Å². The van der Waals surface area contributed by atoms with Gasteiger partial charge in [-0.15, -0.1) is 0 Å². The molecule has 1 N–H and O–H groups in total. The van der Waals surface area contributed by atoms with Crippen molar-refractivity contribution < 1.29 is 0 Å². The summed E-state index contributed by atoms with van der Waals surface area (Å²) in [5.74, 6) is 0. The second-order valence-corrected chi connectivity index (χ2v) is 6.16. The van der Waals surface area contributed by atoms with E-state index in [2.05, 4.69) is 38.8 Å². The fourth-order valence-corrected chi connectivity index (χ4v) is 1.92. The van der Waals surface area contributed by atoms with Gasteiger partial charge in [-0.05, 0) is 26.0 Å². The minimum absolute atomic E-state index is 0.00322. The molecule has 5 nitrogen and oxygen atoms in total. The molecule has 0 spiro atoms. The van der Waals surface area contributed by atoms with Crippen LogP contribution in [0.15, 0.2) is 40.7 Å². The molecule has 5 heteroatoms. The summed E-state index contributed by atoms with van der Waals surface area (Å²) in [6.45, 7) is 9.73. The lowest BCUT2D eigenvalue weighted by atomic mass is 9.94. The van der Waals surface area contributed by atoms with E-state index in [1.165, 1.54) is 0 Å². The van der Waals surface area contributed by atoms with Crippen molar-refractivity contribution in [3.63, 3.8) is 0 Å². The topological polar surface area (TPSA) is 66.3 Å². The van der Waals surface area contributed by atoms with Crippen LogP contribution < -0.4 is 0 Å². The largest absolute Gasteiger partial charge is 0.348 e. The zero-order chi connectivity index (χ0) is 16.0. The molecule has 2 rings (SSSR count). The van der Waals surface area contributed by atoms with Crippen LogP contribution in [-0.4, -0.2) is 40.0 Å². The van der Waals surface area contributed by atoms with E-state index >= 15 is 0 Å². The molecule has 22 heavy (non-hydrogen) atoms. The van der Waals surface area contributed by atoms with Gasteiger partial charge in [-0.2, -0.15) is 0 Å². The first-order chi connectivity index (χ1) is 10.5. The van der Waals surface area contributed by atoms with Crippen LogP contribution in [-0.2, 0) is 0 Å².